The topological polar surface area (TPSA) is 79.6 Å². The molecule has 1 N–H and O–H groups in total. The zero-order valence-corrected chi connectivity index (χ0v) is 15.2. The van der Waals surface area contributed by atoms with Gasteiger partial charge in [0, 0.05) is 46.5 Å². The van der Waals surface area contributed by atoms with Gasteiger partial charge in [-0.05, 0) is 36.2 Å². The fraction of sp³-hybridized carbons (Fsp3) is 0.375. The highest BCUT2D eigenvalue weighted by Gasteiger charge is 2.14. The lowest BCUT2D eigenvalue weighted by molar-refractivity contribution is -0.116. The molecule has 0 spiro atoms. The molecule has 0 aliphatic rings. The summed E-state index contributed by atoms with van der Waals surface area (Å²) in [6.07, 6.45) is 4.68. The monoisotopic (exact) mass is 349 g/mol. The van der Waals surface area contributed by atoms with E-state index in [0.717, 1.165) is 5.56 Å². The average molecular weight is 349 g/mol. The van der Waals surface area contributed by atoms with E-state index in [9.17, 15) is 9.00 Å². The van der Waals surface area contributed by atoms with Gasteiger partial charge in [-0.1, -0.05) is 0 Å². The molecule has 1 atom stereocenters. The van der Waals surface area contributed by atoms with Gasteiger partial charge in [-0.3, -0.25) is 9.48 Å². The molecule has 2 aromatic rings. The van der Waals surface area contributed by atoms with Crippen LogP contribution in [0.2, 0.25) is 0 Å². The molecule has 0 bridgehead atoms. The number of hydrogen-bond acceptors (Lipinski definition) is 4. The Hall–Kier alpha value is -2.19. The fourth-order valence-corrected chi connectivity index (χ4v) is 3.73. The van der Waals surface area contributed by atoms with Crippen molar-refractivity contribution < 1.29 is 9.00 Å². The molecule has 1 heterocycles. The number of nitrogens with one attached hydrogen (secondary N) is 1. The lowest BCUT2D eigenvalue weighted by atomic mass is 10.2. The number of aryl methyl sites for hydroxylation is 2. The summed E-state index contributed by atoms with van der Waals surface area (Å²) in [7, 11) is 4.26. The lowest BCUT2D eigenvalue weighted by Crippen LogP contribution is -2.22. The van der Waals surface area contributed by atoms with Gasteiger partial charge >= 0.3 is 0 Å². The van der Waals surface area contributed by atoms with Gasteiger partial charge in [0.25, 0.3) is 0 Å². The number of rotatable bonds is 6. The minimum atomic E-state index is -2.58. The summed E-state index contributed by atoms with van der Waals surface area (Å²) < 4.78 is 20.0. The molecule has 0 saturated carbocycles. The molecule has 130 valence electrons. The van der Waals surface area contributed by atoms with Gasteiger partial charge in [0.05, 0.1) is 11.1 Å². The maximum atomic E-state index is 12.7. The summed E-state index contributed by atoms with van der Waals surface area (Å²) in [5.41, 5.74) is 1.70. The molecule has 0 fully saturated rings. The summed E-state index contributed by atoms with van der Waals surface area (Å²) in [5, 5.41) is 6.92. The Balaban J connectivity index is 1.98. The molecule has 1 amide bonds. The smallest absolute Gasteiger partial charge is 0.224 e. The Morgan fingerprint density at radius 2 is 2.00 bits per heavy atom. The molecule has 2 rings (SSSR count). The van der Waals surface area contributed by atoms with Gasteiger partial charge in [0.2, 0.25) is 5.91 Å². The number of nitrogens with zero attached hydrogens (tertiary/aromatic N) is 4. The van der Waals surface area contributed by atoms with Gasteiger partial charge in [-0.25, -0.2) is 12.9 Å². The van der Waals surface area contributed by atoms with E-state index in [1.165, 1.54) is 7.05 Å². The number of aromatic nitrogens is 2. The molecule has 0 aliphatic carbocycles. The van der Waals surface area contributed by atoms with Crippen molar-refractivity contribution in [2.45, 2.75) is 17.7 Å². The third-order valence-electron chi connectivity index (χ3n) is 3.59. The van der Waals surface area contributed by atoms with Crippen molar-refractivity contribution in [3.63, 3.8) is 0 Å². The van der Waals surface area contributed by atoms with Crippen molar-refractivity contribution in [3.8, 4) is 0 Å². The zero-order valence-electron chi connectivity index (χ0n) is 14.4. The molecule has 0 saturated heterocycles. The van der Waals surface area contributed by atoms with Crippen molar-refractivity contribution in [1.29, 1.82) is 0 Å². The second-order valence-corrected chi connectivity index (χ2v) is 8.15. The first kappa shape index (κ1) is 18.2. The molecule has 24 heavy (non-hydrogen) atoms. The number of carbonyl (C=O) groups excluding carboxylic acids is 1. The normalized spacial score (nSPS) is 13.5. The van der Waals surface area contributed by atoms with E-state index in [2.05, 4.69) is 14.8 Å². The first-order valence-electron chi connectivity index (χ1n) is 7.55. The number of hydrogen-bond donors (Lipinski definition) is 1. The van der Waals surface area contributed by atoms with Crippen molar-refractivity contribution in [3.05, 3.63) is 42.2 Å². The highest BCUT2D eigenvalue weighted by Crippen LogP contribution is 2.19. The van der Waals surface area contributed by atoms with E-state index < -0.39 is 9.92 Å². The van der Waals surface area contributed by atoms with E-state index in [1.54, 1.807) is 53.5 Å². The third-order valence-corrected chi connectivity index (χ3v) is 5.96. The summed E-state index contributed by atoms with van der Waals surface area (Å²) in [4.78, 5) is 12.6. The van der Waals surface area contributed by atoms with Gasteiger partial charge in [-0.2, -0.15) is 5.10 Å². The summed E-state index contributed by atoms with van der Waals surface area (Å²) in [6, 6.07) is 6.94. The largest absolute Gasteiger partial charge is 0.326 e. The molecule has 1 aromatic heterocycles. The van der Waals surface area contributed by atoms with Crippen LogP contribution in [-0.2, 0) is 28.2 Å². The number of anilines is 1. The van der Waals surface area contributed by atoms with Crippen molar-refractivity contribution in [2.75, 3.05) is 26.5 Å². The quantitative estimate of drug-likeness (QED) is 0.865. The Kier molecular flexibility index (Phi) is 5.74. The van der Waals surface area contributed by atoms with Crippen LogP contribution in [0.5, 0.6) is 0 Å². The van der Waals surface area contributed by atoms with Gasteiger partial charge in [-0.15, -0.1) is 0 Å². The second-order valence-electron chi connectivity index (χ2n) is 5.59. The Bertz CT molecular complexity index is 817. The lowest BCUT2D eigenvalue weighted by Gasteiger charge is -2.17. The first-order chi connectivity index (χ1) is 11.3. The van der Waals surface area contributed by atoms with E-state index in [-0.39, 0.29) is 5.91 Å². The van der Waals surface area contributed by atoms with Crippen LogP contribution >= 0.6 is 0 Å². The molecule has 1 aromatic carbocycles. The van der Waals surface area contributed by atoms with E-state index in [1.807, 2.05) is 13.2 Å². The number of benzene rings is 1. The van der Waals surface area contributed by atoms with Gasteiger partial charge < -0.3 is 5.32 Å². The standard InChI is InChI=1S/C16H23N5O2S/c1-17-24(23,20(2)3)15-8-6-14(7-9-15)19-16(22)10-5-13-11-18-21(4)12-13/h6-9,11-12H,5,10H2,1-4H3,(H,19,22). The molecule has 7 nitrogen and oxygen atoms in total. The predicted molar refractivity (Wildman–Crippen MR) is 95.0 cm³/mol. The van der Waals surface area contributed by atoms with Crippen LogP contribution < -0.4 is 5.32 Å². The van der Waals surface area contributed by atoms with Crippen LogP contribution in [0, 0.1) is 0 Å². The second kappa shape index (κ2) is 7.59. The Morgan fingerprint density at radius 1 is 1.33 bits per heavy atom. The molecule has 0 aliphatic heterocycles. The van der Waals surface area contributed by atoms with E-state index in [4.69, 9.17) is 0 Å². The maximum Gasteiger partial charge on any atom is 0.224 e. The predicted octanol–water partition coefficient (Wildman–Crippen LogP) is 1.92. The zero-order chi connectivity index (χ0) is 17.7. The SMILES string of the molecule is CN=S(=O)(c1ccc(NC(=O)CCc2cnn(C)c2)cc1)N(C)C. The highest BCUT2D eigenvalue weighted by molar-refractivity contribution is 7.91. The molecular formula is C16H23N5O2S. The molecule has 1 unspecified atom stereocenters. The van der Waals surface area contributed by atoms with Crippen molar-refractivity contribution >= 4 is 21.5 Å². The molecule has 0 radical (unpaired) electrons. The maximum absolute atomic E-state index is 12.7. The Labute approximate surface area is 143 Å². The first-order valence-corrected chi connectivity index (χ1v) is 9.02. The van der Waals surface area contributed by atoms with Gasteiger partial charge in [0.1, 0.15) is 9.92 Å². The summed E-state index contributed by atoms with van der Waals surface area (Å²) in [5.74, 6) is -0.0693. The van der Waals surface area contributed by atoms with Crippen molar-refractivity contribution in [1.82, 2.24) is 14.1 Å². The number of carbonyl (C=O) groups is 1. The average Bonchev–Trinajstić information content (AvgIpc) is 2.98. The van der Waals surface area contributed by atoms with Crippen LogP contribution in [0.1, 0.15) is 12.0 Å². The Morgan fingerprint density at radius 3 is 2.50 bits per heavy atom. The van der Waals surface area contributed by atoms with Crippen molar-refractivity contribution in [2.24, 2.45) is 11.4 Å². The summed E-state index contributed by atoms with van der Waals surface area (Å²) in [6.45, 7) is 0. The van der Waals surface area contributed by atoms with E-state index in [0.29, 0.717) is 23.4 Å². The van der Waals surface area contributed by atoms with Crippen LogP contribution in [0.15, 0.2) is 45.9 Å². The van der Waals surface area contributed by atoms with Crippen LogP contribution in [0.4, 0.5) is 5.69 Å². The molecular weight excluding hydrogens is 326 g/mol. The van der Waals surface area contributed by atoms with Crippen LogP contribution in [0.25, 0.3) is 0 Å². The highest BCUT2D eigenvalue weighted by atomic mass is 32.2. The molecule has 8 heteroatoms. The fourth-order valence-electron chi connectivity index (χ4n) is 2.28. The minimum Gasteiger partial charge on any atom is -0.326 e. The van der Waals surface area contributed by atoms with E-state index >= 15 is 0 Å². The van der Waals surface area contributed by atoms with Gasteiger partial charge in [0.15, 0.2) is 0 Å². The van der Waals surface area contributed by atoms with Crippen LogP contribution in [-0.4, -0.2) is 45.3 Å². The summed E-state index contributed by atoms with van der Waals surface area (Å²) >= 11 is 0. The number of amides is 1. The minimum absolute atomic E-state index is 0.0693. The van der Waals surface area contributed by atoms with Crippen LogP contribution in [0.3, 0.4) is 0 Å². The third kappa shape index (κ3) is 4.21.